The average Bonchev–Trinajstić information content (AvgIpc) is 3.02. The zero-order valence-corrected chi connectivity index (χ0v) is 14.9. The third-order valence-corrected chi connectivity index (χ3v) is 5.55. The molecule has 2 saturated heterocycles. The molecule has 2 aliphatic rings. The lowest BCUT2D eigenvalue weighted by atomic mass is 10.1. The van der Waals surface area contributed by atoms with Gasteiger partial charge >= 0.3 is 5.97 Å². The lowest BCUT2D eigenvalue weighted by Gasteiger charge is -2.41. The lowest BCUT2D eigenvalue weighted by molar-refractivity contribution is -0.142. The van der Waals surface area contributed by atoms with Gasteiger partial charge in [-0.05, 0) is 31.3 Å². The van der Waals surface area contributed by atoms with Crippen LogP contribution < -0.4 is 0 Å². The molecule has 3 heterocycles. The number of amides is 1. The smallest absolute Gasteiger partial charge is 0.309 e. The molecule has 2 aliphatic heterocycles. The van der Waals surface area contributed by atoms with E-state index in [1.807, 2.05) is 42.4 Å². The fourth-order valence-electron chi connectivity index (χ4n) is 4.17. The van der Waals surface area contributed by atoms with E-state index in [1.165, 1.54) is 0 Å². The SMILES string of the molecule is CN1CC(C(=O)O)CN2CCN(C(=O)c3ccc4[nH]ccc4c3)CC2C1. The number of nitrogens with zero attached hydrogens (tertiary/aromatic N) is 3. The summed E-state index contributed by atoms with van der Waals surface area (Å²) < 4.78 is 0. The molecule has 138 valence electrons. The molecule has 1 aromatic carbocycles. The second-order valence-electron chi connectivity index (χ2n) is 7.44. The number of piperazine rings is 1. The molecule has 0 bridgehead atoms. The summed E-state index contributed by atoms with van der Waals surface area (Å²) in [5, 5.41) is 10.4. The standard InChI is InChI=1S/C19H24N4O3/c1-21-9-15(19(25)26)10-22-6-7-23(12-16(22)11-21)18(24)14-2-3-17-13(8-14)4-5-20-17/h2-5,8,15-16,20H,6-7,9-12H2,1H3,(H,25,26). The van der Waals surface area contributed by atoms with E-state index >= 15 is 0 Å². The Morgan fingerprint density at radius 3 is 2.77 bits per heavy atom. The number of likely N-dealkylation sites (N-methyl/N-ethyl adjacent to an activating group) is 1. The van der Waals surface area contributed by atoms with Crippen LogP contribution in [0.15, 0.2) is 30.5 Å². The Kier molecular flexibility index (Phi) is 4.42. The first-order valence-corrected chi connectivity index (χ1v) is 9.03. The molecule has 0 spiro atoms. The minimum atomic E-state index is -0.740. The van der Waals surface area contributed by atoms with Gasteiger partial charge in [0.1, 0.15) is 0 Å². The Bertz CT molecular complexity index is 833. The van der Waals surface area contributed by atoms with Crippen LogP contribution in [0.2, 0.25) is 0 Å². The fourth-order valence-corrected chi connectivity index (χ4v) is 4.17. The quantitative estimate of drug-likeness (QED) is 0.837. The normalized spacial score (nSPS) is 25.0. The summed E-state index contributed by atoms with van der Waals surface area (Å²) in [5.74, 6) is -1.06. The van der Waals surface area contributed by atoms with Gasteiger partial charge in [0, 0.05) is 68.0 Å². The third kappa shape index (κ3) is 3.20. The summed E-state index contributed by atoms with van der Waals surface area (Å²) >= 11 is 0. The number of aliphatic carboxylic acids is 1. The highest BCUT2D eigenvalue weighted by molar-refractivity contribution is 5.98. The number of hydrogen-bond donors (Lipinski definition) is 2. The summed E-state index contributed by atoms with van der Waals surface area (Å²) in [4.78, 5) is 33.8. The topological polar surface area (TPSA) is 79.9 Å². The number of nitrogens with one attached hydrogen (secondary N) is 1. The largest absolute Gasteiger partial charge is 0.481 e. The van der Waals surface area contributed by atoms with Crippen molar-refractivity contribution in [2.24, 2.45) is 5.92 Å². The predicted octanol–water partition coefficient (Wildman–Crippen LogP) is 0.941. The molecule has 26 heavy (non-hydrogen) atoms. The molecule has 0 saturated carbocycles. The highest BCUT2D eigenvalue weighted by Crippen LogP contribution is 2.21. The average molecular weight is 356 g/mol. The predicted molar refractivity (Wildman–Crippen MR) is 98.2 cm³/mol. The van der Waals surface area contributed by atoms with Crippen molar-refractivity contribution in [3.63, 3.8) is 0 Å². The van der Waals surface area contributed by atoms with E-state index in [2.05, 4.69) is 14.8 Å². The molecule has 0 aliphatic carbocycles. The molecule has 7 nitrogen and oxygen atoms in total. The van der Waals surface area contributed by atoms with Crippen molar-refractivity contribution in [3.05, 3.63) is 36.0 Å². The molecular weight excluding hydrogens is 332 g/mol. The van der Waals surface area contributed by atoms with Crippen LogP contribution in [0.1, 0.15) is 10.4 Å². The van der Waals surface area contributed by atoms with Gasteiger partial charge in [-0.15, -0.1) is 0 Å². The van der Waals surface area contributed by atoms with Gasteiger partial charge in [-0.1, -0.05) is 0 Å². The van der Waals surface area contributed by atoms with E-state index in [-0.39, 0.29) is 17.9 Å². The minimum absolute atomic E-state index is 0.0504. The molecule has 1 aromatic heterocycles. The number of carboxylic acid groups (broad SMARTS) is 1. The summed E-state index contributed by atoms with van der Waals surface area (Å²) in [7, 11) is 1.96. The van der Waals surface area contributed by atoms with Crippen molar-refractivity contribution in [2.75, 3.05) is 46.3 Å². The molecule has 1 amide bonds. The number of H-pyrrole nitrogens is 1. The third-order valence-electron chi connectivity index (χ3n) is 5.55. The maximum atomic E-state index is 13.0. The van der Waals surface area contributed by atoms with Crippen LogP contribution in [0.25, 0.3) is 10.9 Å². The van der Waals surface area contributed by atoms with Gasteiger partial charge in [0.25, 0.3) is 5.91 Å². The number of hydrogen-bond acceptors (Lipinski definition) is 4. The van der Waals surface area contributed by atoms with Gasteiger partial charge in [0.15, 0.2) is 0 Å². The molecule has 2 atom stereocenters. The summed E-state index contributed by atoms with van der Waals surface area (Å²) in [6.45, 7) is 3.89. The van der Waals surface area contributed by atoms with Crippen LogP contribution >= 0.6 is 0 Å². The molecule has 4 rings (SSSR count). The molecule has 2 aromatic rings. The molecule has 2 N–H and O–H groups in total. The van der Waals surface area contributed by atoms with Crippen molar-refractivity contribution in [3.8, 4) is 0 Å². The second kappa shape index (κ2) is 6.74. The van der Waals surface area contributed by atoms with Crippen molar-refractivity contribution < 1.29 is 14.7 Å². The van der Waals surface area contributed by atoms with Gasteiger partial charge < -0.3 is 19.9 Å². The maximum absolute atomic E-state index is 13.0. The Morgan fingerprint density at radius 2 is 1.96 bits per heavy atom. The van der Waals surface area contributed by atoms with Crippen molar-refractivity contribution in [1.29, 1.82) is 0 Å². The van der Waals surface area contributed by atoms with E-state index in [0.717, 1.165) is 24.0 Å². The van der Waals surface area contributed by atoms with Crippen LogP contribution in [0.4, 0.5) is 0 Å². The molecule has 2 unspecified atom stereocenters. The number of aromatic nitrogens is 1. The monoisotopic (exact) mass is 356 g/mol. The van der Waals surface area contributed by atoms with Crippen LogP contribution in [-0.4, -0.2) is 89.0 Å². The van der Waals surface area contributed by atoms with E-state index in [1.54, 1.807) is 0 Å². The van der Waals surface area contributed by atoms with Crippen LogP contribution in [0.3, 0.4) is 0 Å². The van der Waals surface area contributed by atoms with Gasteiger partial charge in [-0.25, -0.2) is 0 Å². The Morgan fingerprint density at radius 1 is 1.12 bits per heavy atom. The molecule has 0 radical (unpaired) electrons. The highest BCUT2D eigenvalue weighted by Gasteiger charge is 2.36. The van der Waals surface area contributed by atoms with E-state index in [4.69, 9.17) is 0 Å². The van der Waals surface area contributed by atoms with Crippen molar-refractivity contribution >= 4 is 22.8 Å². The number of benzene rings is 1. The van der Waals surface area contributed by atoms with Crippen molar-refractivity contribution in [2.45, 2.75) is 6.04 Å². The van der Waals surface area contributed by atoms with Gasteiger partial charge in [-0.2, -0.15) is 0 Å². The summed E-state index contributed by atoms with van der Waals surface area (Å²) in [6, 6.07) is 7.89. The van der Waals surface area contributed by atoms with Crippen LogP contribution in [0, 0.1) is 5.92 Å². The Balaban J connectivity index is 1.50. The lowest BCUT2D eigenvalue weighted by Crippen LogP contribution is -2.57. The first-order chi connectivity index (χ1) is 12.5. The van der Waals surface area contributed by atoms with Gasteiger partial charge in [0.2, 0.25) is 0 Å². The van der Waals surface area contributed by atoms with Gasteiger partial charge in [-0.3, -0.25) is 14.5 Å². The highest BCUT2D eigenvalue weighted by atomic mass is 16.4. The molecule has 2 fully saturated rings. The Labute approximate surface area is 152 Å². The first kappa shape index (κ1) is 17.1. The van der Waals surface area contributed by atoms with Crippen molar-refractivity contribution in [1.82, 2.24) is 19.7 Å². The molecular formula is C19H24N4O3. The van der Waals surface area contributed by atoms with E-state index in [0.29, 0.717) is 31.7 Å². The molecule has 7 heteroatoms. The fraction of sp³-hybridized carbons (Fsp3) is 0.474. The summed E-state index contributed by atoms with van der Waals surface area (Å²) in [5.41, 5.74) is 1.73. The first-order valence-electron chi connectivity index (χ1n) is 9.03. The number of fused-ring (bicyclic) bond motifs is 2. The van der Waals surface area contributed by atoms with E-state index < -0.39 is 5.97 Å². The van der Waals surface area contributed by atoms with E-state index in [9.17, 15) is 14.7 Å². The number of carbonyl (C=O) groups excluding carboxylic acids is 1. The number of carbonyl (C=O) groups is 2. The van der Waals surface area contributed by atoms with Crippen LogP contribution in [0.5, 0.6) is 0 Å². The second-order valence-corrected chi connectivity index (χ2v) is 7.44. The maximum Gasteiger partial charge on any atom is 0.309 e. The number of aromatic amines is 1. The zero-order valence-electron chi connectivity index (χ0n) is 14.9. The number of carboxylic acids is 1. The number of rotatable bonds is 2. The minimum Gasteiger partial charge on any atom is -0.481 e. The van der Waals surface area contributed by atoms with Gasteiger partial charge in [0.05, 0.1) is 5.92 Å². The zero-order chi connectivity index (χ0) is 18.3. The Hall–Kier alpha value is -2.38. The van der Waals surface area contributed by atoms with Crippen LogP contribution in [-0.2, 0) is 4.79 Å². The summed E-state index contributed by atoms with van der Waals surface area (Å²) in [6.07, 6.45) is 1.87.